The number of hydrogen-bond acceptors (Lipinski definition) is 3. The van der Waals surface area contributed by atoms with Crippen molar-refractivity contribution in [1.82, 2.24) is 10.3 Å². The molecular weight excluding hydrogens is 258 g/mol. The normalized spacial score (nSPS) is 16.7. The van der Waals surface area contributed by atoms with Gasteiger partial charge in [-0.2, -0.15) is 0 Å². The molecule has 0 amide bonds. The van der Waals surface area contributed by atoms with Crippen molar-refractivity contribution in [2.24, 2.45) is 0 Å². The summed E-state index contributed by atoms with van der Waals surface area (Å²) in [6.45, 7) is 3.18. The number of fused-ring (bicyclic) bond motifs is 1. The van der Waals surface area contributed by atoms with E-state index >= 15 is 0 Å². The molecule has 1 aromatic carbocycles. The minimum absolute atomic E-state index is 0.893. The molecule has 1 N–H and O–H groups in total. The summed E-state index contributed by atoms with van der Waals surface area (Å²) in [6.07, 6.45) is 6.68. The quantitative estimate of drug-likeness (QED) is 0.930. The Morgan fingerprint density at radius 1 is 1.05 bits per heavy atom. The summed E-state index contributed by atoms with van der Waals surface area (Å²) >= 11 is 0. The highest BCUT2D eigenvalue weighted by atomic mass is 15.2. The highest BCUT2D eigenvalue weighted by Crippen LogP contribution is 2.24. The van der Waals surface area contributed by atoms with E-state index in [1.807, 2.05) is 7.05 Å². The number of aromatic nitrogens is 1. The number of nitrogens with zero attached hydrogens (tertiary/aromatic N) is 2. The molecule has 3 heteroatoms. The van der Waals surface area contributed by atoms with Gasteiger partial charge in [0, 0.05) is 25.0 Å². The third-order valence-corrected chi connectivity index (χ3v) is 4.34. The van der Waals surface area contributed by atoms with Crippen LogP contribution in [0.3, 0.4) is 0 Å². The molecule has 2 heterocycles. The summed E-state index contributed by atoms with van der Waals surface area (Å²) < 4.78 is 0. The molecule has 21 heavy (non-hydrogen) atoms. The van der Waals surface area contributed by atoms with E-state index in [2.05, 4.69) is 40.5 Å². The molecule has 1 aliphatic heterocycles. The standard InChI is InChI=1S/C18H25N3/c1-19-14-15-13-18(20-17-10-6-5-9-16(15)17)21-11-7-3-2-4-8-12-21/h5-6,9-10,13,19H,2-4,7-8,11-12,14H2,1H3. The van der Waals surface area contributed by atoms with Crippen molar-refractivity contribution < 1.29 is 0 Å². The molecule has 0 aliphatic carbocycles. The van der Waals surface area contributed by atoms with Crippen LogP contribution in [0, 0.1) is 0 Å². The van der Waals surface area contributed by atoms with Crippen molar-refractivity contribution in [2.45, 2.75) is 38.6 Å². The van der Waals surface area contributed by atoms with Gasteiger partial charge >= 0.3 is 0 Å². The van der Waals surface area contributed by atoms with Crippen LogP contribution in [0.5, 0.6) is 0 Å². The molecule has 1 aromatic heterocycles. The Bertz CT molecular complexity index is 586. The van der Waals surface area contributed by atoms with Crippen LogP contribution in [0.25, 0.3) is 10.9 Å². The first kappa shape index (κ1) is 14.3. The first-order chi connectivity index (χ1) is 10.4. The Labute approximate surface area is 127 Å². The van der Waals surface area contributed by atoms with Gasteiger partial charge in [0.1, 0.15) is 5.82 Å². The lowest BCUT2D eigenvalue weighted by Gasteiger charge is -2.26. The summed E-state index contributed by atoms with van der Waals surface area (Å²) in [4.78, 5) is 7.39. The molecule has 0 saturated carbocycles. The maximum Gasteiger partial charge on any atom is 0.129 e. The molecular formula is C18H25N3. The molecule has 1 fully saturated rings. The molecule has 1 saturated heterocycles. The van der Waals surface area contributed by atoms with Crippen LogP contribution in [0.4, 0.5) is 5.82 Å². The van der Waals surface area contributed by atoms with E-state index in [0.29, 0.717) is 0 Å². The fourth-order valence-electron chi connectivity index (χ4n) is 3.21. The lowest BCUT2D eigenvalue weighted by atomic mass is 10.1. The minimum Gasteiger partial charge on any atom is -0.357 e. The van der Waals surface area contributed by atoms with Crippen LogP contribution >= 0.6 is 0 Å². The van der Waals surface area contributed by atoms with Crippen LogP contribution in [-0.2, 0) is 6.54 Å². The van der Waals surface area contributed by atoms with E-state index in [0.717, 1.165) is 31.0 Å². The maximum absolute atomic E-state index is 4.91. The van der Waals surface area contributed by atoms with Gasteiger partial charge in [-0.15, -0.1) is 0 Å². The highest BCUT2D eigenvalue weighted by molar-refractivity contribution is 5.84. The van der Waals surface area contributed by atoms with Gasteiger partial charge in [-0.05, 0) is 37.6 Å². The molecule has 0 unspecified atom stereocenters. The molecule has 0 atom stereocenters. The second-order valence-electron chi connectivity index (χ2n) is 5.94. The topological polar surface area (TPSA) is 28.2 Å². The van der Waals surface area contributed by atoms with Gasteiger partial charge in [-0.3, -0.25) is 0 Å². The minimum atomic E-state index is 0.893. The van der Waals surface area contributed by atoms with Crippen molar-refractivity contribution in [3.8, 4) is 0 Å². The third kappa shape index (κ3) is 3.35. The number of nitrogens with one attached hydrogen (secondary N) is 1. The van der Waals surface area contributed by atoms with Crippen LogP contribution < -0.4 is 10.2 Å². The van der Waals surface area contributed by atoms with E-state index in [9.17, 15) is 0 Å². The van der Waals surface area contributed by atoms with Gasteiger partial charge in [0.2, 0.25) is 0 Å². The highest BCUT2D eigenvalue weighted by Gasteiger charge is 2.13. The van der Waals surface area contributed by atoms with Crippen molar-refractivity contribution in [3.63, 3.8) is 0 Å². The van der Waals surface area contributed by atoms with Gasteiger partial charge in [0.25, 0.3) is 0 Å². The van der Waals surface area contributed by atoms with Gasteiger partial charge in [0.15, 0.2) is 0 Å². The zero-order valence-corrected chi connectivity index (χ0v) is 12.9. The van der Waals surface area contributed by atoms with E-state index < -0.39 is 0 Å². The Kier molecular flexibility index (Phi) is 4.71. The predicted molar refractivity (Wildman–Crippen MR) is 89.8 cm³/mol. The first-order valence-electron chi connectivity index (χ1n) is 8.17. The van der Waals surface area contributed by atoms with Crippen LogP contribution in [0.2, 0.25) is 0 Å². The average Bonchev–Trinajstić information content (AvgIpc) is 2.47. The Balaban J connectivity index is 1.97. The molecule has 0 radical (unpaired) electrons. The number of hydrogen-bond donors (Lipinski definition) is 1. The SMILES string of the molecule is CNCc1cc(N2CCCCCCC2)nc2ccccc12. The molecule has 0 spiro atoms. The van der Waals surface area contributed by atoms with E-state index in [-0.39, 0.29) is 0 Å². The summed E-state index contributed by atoms with van der Waals surface area (Å²) in [7, 11) is 2.00. The van der Waals surface area contributed by atoms with E-state index in [1.165, 1.54) is 43.1 Å². The number of rotatable bonds is 3. The average molecular weight is 283 g/mol. The van der Waals surface area contributed by atoms with E-state index in [4.69, 9.17) is 4.98 Å². The Morgan fingerprint density at radius 2 is 1.76 bits per heavy atom. The summed E-state index contributed by atoms with van der Waals surface area (Å²) in [6, 6.07) is 10.8. The molecule has 2 aromatic rings. The van der Waals surface area contributed by atoms with Crippen molar-refractivity contribution >= 4 is 16.7 Å². The largest absolute Gasteiger partial charge is 0.357 e. The lowest BCUT2D eigenvalue weighted by Crippen LogP contribution is -2.28. The number of anilines is 1. The molecule has 112 valence electrons. The Morgan fingerprint density at radius 3 is 2.52 bits per heavy atom. The number of benzene rings is 1. The number of pyridine rings is 1. The second-order valence-corrected chi connectivity index (χ2v) is 5.94. The van der Waals surface area contributed by atoms with Crippen molar-refractivity contribution in [3.05, 3.63) is 35.9 Å². The first-order valence-corrected chi connectivity index (χ1v) is 8.17. The predicted octanol–water partition coefficient (Wildman–Crippen LogP) is 3.72. The van der Waals surface area contributed by atoms with Gasteiger partial charge in [-0.25, -0.2) is 4.98 Å². The van der Waals surface area contributed by atoms with Crippen molar-refractivity contribution in [2.75, 3.05) is 25.0 Å². The fourth-order valence-corrected chi connectivity index (χ4v) is 3.21. The molecule has 3 rings (SSSR count). The zero-order valence-electron chi connectivity index (χ0n) is 12.9. The molecule has 0 bridgehead atoms. The van der Waals surface area contributed by atoms with Crippen LogP contribution in [0.15, 0.2) is 30.3 Å². The van der Waals surface area contributed by atoms with Gasteiger partial charge in [0.05, 0.1) is 5.52 Å². The second kappa shape index (κ2) is 6.90. The Hall–Kier alpha value is -1.61. The number of para-hydroxylation sites is 1. The smallest absolute Gasteiger partial charge is 0.129 e. The molecule has 1 aliphatic rings. The van der Waals surface area contributed by atoms with Gasteiger partial charge in [-0.1, -0.05) is 37.5 Å². The van der Waals surface area contributed by atoms with Crippen molar-refractivity contribution in [1.29, 1.82) is 0 Å². The maximum atomic E-state index is 4.91. The fraction of sp³-hybridized carbons (Fsp3) is 0.500. The monoisotopic (exact) mass is 283 g/mol. The van der Waals surface area contributed by atoms with Gasteiger partial charge < -0.3 is 10.2 Å². The lowest BCUT2D eigenvalue weighted by molar-refractivity contribution is 0.554. The zero-order chi connectivity index (χ0) is 14.5. The van der Waals surface area contributed by atoms with Crippen LogP contribution in [-0.4, -0.2) is 25.1 Å². The third-order valence-electron chi connectivity index (χ3n) is 4.34. The molecule has 3 nitrogen and oxygen atoms in total. The summed E-state index contributed by atoms with van der Waals surface area (Å²) in [5, 5.41) is 4.55. The van der Waals surface area contributed by atoms with Crippen LogP contribution in [0.1, 0.15) is 37.7 Å². The summed E-state index contributed by atoms with van der Waals surface area (Å²) in [5.41, 5.74) is 2.46. The summed E-state index contributed by atoms with van der Waals surface area (Å²) in [5.74, 6) is 1.15. The van der Waals surface area contributed by atoms with E-state index in [1.54, 1.807) is 0 Å².